The van der Waals surface area contributed by atoms with Gasteiger partial charge in [0.15, 0.2) is 0 Å². The molecule has 0 aliphatic carbocycles. The predicted octanol–water partition coefficient (Wildman–Crippen LogP) is 1.66. The molecular weight excluding hydrogens is 300 g/mol. The minimum Gasteiger partial charge on any atom is -0.326 e. The summed E-state index contributed by atoms with van der Waals surface area (Å²) in [4.78, 5) is 33.6. The lowest BCUT2D eigenvalue weighted by Crippen LogP contribution is -2.22. The maximum atomic E-state index is 11.9. The number of anilines is 1. The van der Waals surface area contributed by atoms with Crippen LogP contribution in [0.2, 0.25) is 0 Å². The van der Waals surface area contributed by atoms with Gasteiger partial charge in [-0.1, -0.05) is 6.07 Å². The second-order valence-electron chi connectivity index (χ2n) is 4.67. The van der Waals surface area contributed by atoms with Gasteiger partial charge in [0, 0.05) is 30.8 Å². The minimum atomic E-state index is -0.608. The Morgan fingerprint density at radius 1 is 1.35 bits per heavy atom. The summed E-state index contributed by atoms with van der Waals surface area (Å²) in [5, 5.41) is 22.1. The van der Waals surface area contributed by atoms with Crippen molar-refractivity contribution in [2.24, 2.45) is 0 Å². The Labute approximate surface area is 130 Å². The molecule has 1 aromatic heterocycles. The molecule has 1 N–H and O–H groups in total. The third-order valence-electron chi connectivity index (χ3n) is 3.03. The summed E-state index contributed by atoms with van der Waals surface area (Å²) in [6.45, 7) is 0.0181. The van der Waals surface area contributed by atoms with Crippen molar-refractivity contribution in [1.29, 1.82) is 5.26 Å². The smallest absolute Gasteiger partial charge is 0.285 e. The number of aryl methyl sites for hydroxylation is 1. The van der Waals surface area contributed by atoms with Crippen molar-refractivity contribution in [3.63, 3.8) is 0 Å². The second-order valence-corrected chi connectivity index (χ2v) is 4.67. The first-order valence-corrected chi connectivity index (χ1v) is 6.64. The van der Waals surface area contributed by atoms with Crippen molar-refractivity contribution < 1.29 is 9.72 Å². The SMILES string of the molecule is N#Cc1cccc(NC(=O)CCn2cc([N+](=O)[O-])ccc2=O)c1. The number of pyridine rings is 1. The molecule has 0 bridgehead atoms. The molecule has 1 aromatic carbocycles. The molecule has 0 saturated carbocycles. The molecule has 0 radical (unpaired) electrons. The third kappa shape index (κ3) is 4.25. The summed E-state index contributed by atoms with van der Waals surface area (Å²) >= 11 is 0. The molecule has 2 aromatic rings. The summed E-state index contributed by atoms with van der Waals surface area (Å²) in [6.07, 6.45) is 1.07. The second kappa shape index (κ2) is 7.00. The van der Waals surface area contributed by atoms with Crippen LogP contribution in [0.15, 0.2) is 47.4 Å². The zero-order valence-corrected chi connectivity index (χ0v) is 11.9. The third-order valence-corrected chi connectivity index (χ3v) is 3.03. The monoisotopic (exact) mass is 312 g/mol. The first-order chi connectivity index (χ1) is 11.0. The lowest BCUT2D eigenvalue weighted by Gasteiger charge is -2.07. The average molecular weight is 312 g/mol. The number of hydrogen-bond donors (Lipinski definition) is 1. The number of hydrogen-bond acceptors (Lipinski definition) is 5. The molecule has 0 unspecified atom stereocenters. The van der Waals surface area contributed by atoms with Crippen LogP contribution < -0.4 is 10.9 Å². The molecule has 2 rings (SSSR count). The number of carbonyl (C=O) groups is 1. The van der Waals surface area contributed by atoms with Crippen LogP contribution in [0.25, 0.3) is 0 Å². The molecular formula is C15H12N4O4. The normalized spacial score (nSPS) is 9.87. The maximum Gasteiger partial charge on any atom is 0.285 e. The van der Waals surface area contributed by atoms with Gasteiger partial charge in [-0.3, -0.25) is 19.7 Å². The molecule has 0 spiro atoms. The van der Waals surface area contributed by atoms with Gasteiger partial charge in [-0.05, 0) is 18.2 Å². The van der Waals surface area contributed by atoms with Crippen LogP contribution in [0.5, 0.6) is 0 Å². The van der Waals surface area contributed by atoms with Gasteiger partial charge in [0.2, 0.25) is 5.91 Å². The summed E-state index contributed by atoms with van der Waals surface area (Å²) < 4.78 is 1.11. The van der Waals surface area contributed by atoms with Crippen molar-refractivity contribution in [2.75, 3.05) is 5.32 Å². The van der Waals surface area contributed by atoms with E-state index in [0.29, 0.717) is 11.3 Å². The fourth-order valence-corrected chi connectivity index (χ4v) is 1.91. The lowest BCUT2D eigenvalue weighted by atomic mass is 10.2. The van der Waals surface area contributed by atoms with Gasteiger partial charge < -0.3 is 9.88 Å². The summed E-state index contributed by atoms with van der Waals surface area (Å²) in [5.41, 5.74) is 0.250. The lowest BCUT2D eigenvalue weighted by molar-refractivity contribution is -0.385. The number of nitriles is 1. The summed E-state index contributed by atoms with van der Waals surface area (Å²) in [7, 11) is 0. The number of aromatic nitrogens is 1. The van der Waals surface area contributed by atoms with E-state index >= 15 is 0 Å². The zero-order valence-electron chi connectivity index (χ0n) is 11.9. The number of rotatable bonds is 5. The summed E-state index contributed by atoms with van der Waals surface area (Å²) in [5.74, 6) is -0.363. The van der Waals surface area contributed by atoms with E-state index in [0.717, 1.165) is 22.9 Å². The fraction of sp³-hybridized carbons (Fsp3) is 0.133. The number of carbonyl (C=O) groups excluding carboxylic acids is 1. The fourth-order valence-electron chi connectivity index (χ4n) is 1.91. The van der Waals surface area contributed by atoms with Gasteiger partial charge in [-0.15, -0.1) is 0 Å². The molecule has 0 aliphatic heterocycles. The molecule has 0 saturated heterocycles. The van der Waals surface area contributed by atoms with E-state index in [9.17, 15) is 19.7 Å². The van der Waals surface area contributed by atoms with Crippen molar-refractivity contribution in [2.45, 2.75) is 13.0 Å². The van der Waals surface area contributed by atoms with E-state index in [4.69, 9.17) is 5.26 Å². The van der Waals surface area contributed by atoms with E-state index < -0.39 is 10.5 Å². The summed E-state index contributed by atoms with van der Waals surface area (Å²) in [6, 6.07) is 10.6. The van der Waals surface area contributed by atoms with E-state index in [2.05, 4.69) is 5.32 Å². The molecule has 0 fully saturated rings. The first kappa shape index (κ1) is 15.9. The Hall–Kier alpha value is -3.47. The van der Waals surface area contributed by atoms with Crippen molar-refractivity contribution >= 4 is 17.3 Å². The molecule has 1 heterocycles. The largest absolute Gasteiger partial charge is 0.326 e. The number of nitro groups is 1. The highest BCUT2D eigenvalue weighted by atomic mass is 16.6. The van der Waals surface area contributed by atoms with E-state index in [-0.39, 0.29) is 24.6 Å². The highest BCUT2D eigenvalue weighted by Crippen LogP contribution is 2.10. The molecule has 8 heteroatoms. The number of nitrogens with zero attached hydrogens (tertiary/aromatic N) is 3. The van der Waals surface area contributed by atoms with Crippen LogP contribution in [-0.2, 0) is 11.3 Å². The number of benzene rings is 1. The van der Waals surface area contributed by atoms with Gasteiger partial charge >= 0.3 is 0 Å². The standard InChI is InChI=1S/C15H12N4O4/c16-9-11-2-1-3-12(8-11)17-14(20)6-7-18-10-13(19(22)23)4-5-15(18)21/h1-5,8,10H,6-7H2,(H,17,20). The molecule has 1 amide bonds. The Bertz CT molecular complexity index is 851. The average Bonchev–Trinajstić information content (AvgIpc) is 2.54. The maximum absolute atomic E-state index is 11.9. The van der Waals surface area contributed by atoms with E-state index in [1.807, 2.05) is 6.07 Å². The van der Waals surface area contributed by atoms with Crippen molar-refractivity contribution in [3.8, 4) is 6.07 Å². The Morgan fingerprint density at radius 2 is 2.13 bits per heavy atom. The topological polar surface area (TPSA) is 118 Å². The quantitative estimate of drug-likeness (QED) is 0.665. The Morgan fingerprint density at radius 3 is 2.83 bits per heavy atom. The van der Waals surface area contributed by atoms with Crippen LogP contribution >= 0.6 is 0 Å². The van der Waals surface area contributed by atoms with Crippen molar-refractivity contribution in [1.82, 2.24) is 4.57 Å². The first-order valence-electron chi connectivity index (χ1n) is 6.64. The van der Waals surface area contributed by atoms with Crippen LogP contribution in [0.1, 0.15) is 12.0 Å². The minimum absolute atomic E-state index is 0.0181. The van der Waals surface area contributed by atoms with Crippen LogP contribution in [0.4, 0.5) is 11.4 Å². The highest BCUT2D eigenvalue weighted by molar-refractivity contribution is 5.90. The molecule has 0 atom stereocenters. The predicted molar refractivity (Wildman–Crippen MR) is 81.8 cm³/mol. The van der Waals surface area contributed by atoms with Crippen LogP contribution in [-0.4, -0.2) is 15.4 Å². The van der Waals surface area contributed by atoms with E-state index in [1.54, 1.807) is 18.2 Å². The van der Waals surface area contributed by atoms with Gasteiger partial charge in [-0.25, -0.2) is 0 Å². The van der Waals surface area contributed by atoms with E-state index in [1.165, 1.54) is 6.07 Å². The molecule has 8 nitrogen and oxygen atoms in total. The highest BCUT2D eigenvalue weighted by Gasteiger charge is 2.09. The number of amides is 1. The van der Waals surface area contributed by atoms with Gasteiger partial charge in [-0.2, -0.15) is 5.26 Å². The van der Waals surface area contributed by atoms with Crippen LogP contribution in [0, 0.1) is 21.4 Å². The van der Waals surface area contributed by atoms with Gasteiger partial charge in [0.05, 0.1) is 22.8 Å². The Kier molecular flexibility index (Phi) is 4.84. The molecule has 116 valence electrons. The van der Waals surface area contributed by atoms with Gasteiger partial charge in [0.25, 0.3) is 11.2 Å². The van der Waals surface area contributed by atoms with Gasteiger partial charge in [0.1, 0.15) is 0 Å². The molecule has 0 aliphatic rings. The number of nitrogens with one attached hydrogen (secondary N) is 1. The van der Waals surface area contributed by atoms with Crippen molar-refractivity contribution in [3.05, 3.63) is 68.6 Å². The molecule has 23 heavy (non-hydrogen) atoms. The van der Waals surface area contributed by atoms with Crippen LogP contribution in [0.3, 0.4) is 0 Å². The Balaban J connectivity index is 2.02. The zero-order chi connectivity index (χ0) is 16.8.